The molecule has 0 rings (SSSR count). The highest BCUT2D eigenvalue weighted by Crippen LogP contribution is 2.10. The first-order chi connectivity index (χ1) is 10.1. The highest BCUT2D eigenvalue weighted by atomic mass is 16.4. The van der Waals surface area contributed by atoms with Crippen molar-refractivity contribution in [3.63, 3.8) is 0 Å². The molecular weight excluding hydrogens is 268 g/mol. The fraction of sp³-hybridized carbons (Fsp3) is 0.875. The van der Waals surface area contributed by atoms with Crippen molar-refractivity contribution in [3.8, 4) is 0 Å². The predicted molar refractivity (Wildman–Crippen MR) is 85.1 cm³/mol. The fourth-order valence-electron chi connectivity index (χ4n) is 2.29. The number of hydrogen-bond acceptors (Lipinski definition) is 3. The Balaban J connectivity index is 3.50. The number of amides is 1. The Hall–Kier alpha value is -1.10. The maximum absolute atomic E-state index is 11.6. The van der Waals surface area contributed by atoms with E-state index in [2.05, 4.69) is 12.2 Å². The van der Waals surface area contributed by atoms with E-state index >= 15 is 0 Å². The van der Waals surface area contributed by atoms with Crippen molar-refractivity contribution in [1.29, 1.82) is 0 Å². The Kier molecular flexibility index (Phi) is 13.1. The van der Waals surface area contributed by atoms with Gasteiger partial charge in [0.2, 0.25) is 5.91 Å². The second-order valence-electron chi connectivity index (χ2n) is 5.61. The topological polar surface area (TPSA) is 92.4 Å². The maximum atomic E-state index is 11.6. The normalized spacial score (nSPS) is 12.1. The van der Waals surface area contributed by atoms with Crippen LogP contribution in [0.25, 0.3) is 0 Å². The molecule has 0 bridgehead atoms. The lowest BCUT2D eigenvalue weighted by Crippen LogP contribution is -2.41. The summed E-state index contributed by atoms with van der Waals surface area (Å²) in [7, 11) is 0. The van der Waals surface area contributed by atoms with Crippen LogP contribution in [0.15, 0.2) is 0 Å². The van der Waals surface area contributed by atoms with Gasteiger partial charge in [-0.3, -0.25) is 4.79 Å². The molecule has 0 aromatic rings. The molecule has 0 heterocycles. The van der Waals surface area contributed by atoms with E-state index in [1.54, 1.807) is 0 Å². The fourth-order valence-corrected chi connectivity index (χ4v) is 2.29. The Morgan fingerprint density at radius 2 is 1.52 bits per heavy atom. The van der Waals surface area contributed by atoms with E-state index in [-0.39, 0.29) is 18.9 Å². The van der Waals surface area contributed by atoms with Crippen molar-refractivity contribution in [3.05, 3.63) is 0 Å². The minimum absolute atomic E-state index is 0.182. The molecule has 0 aromatic heterocycles. The van der Waals surface area contributed by atoms with E-state index in [0.29, 0.717) is 6.42 Å². The Morgan fingerprint density at radius 3 is 2.00 bits per heavy atom. The van der Waals surface area contributed by atoms with Crippen LogP contribution in [0, 0.1) is 0 Å². The number of unbranched alkanes of at least 4 members (excludes halogenated alkanes) is 8. The van der Waals surface area contributed by atoms with Gasteiger partial charge in [-0.05, 0) is 19.4 Å². The summed E-state index contributed by atoms with van der Waals surface area (Å²) < 4.78 is 0. The summed E-state index contributed by atoms with van der Waals surface area (Å²) in [5, 5.41) is 11.4. The number of carbonyl (C=O) groups is 2. The molecule has 21 heavy (non-hydrogen) atoms. The Morgan fingerprint density at radius 1 is 1.00 bits per heavy atom. The third kappa shape index (κ3) is 12.4. The molecule has 4 N–H and O–H groups in total. The van der Waals surface area contributed by atoms with Gasteiger partial charge in [-0.2, -0.15) is 0 Å². The molecule has 0 radical (unpaired) electrons. The molecule has 5 heteroatoms. The van der Waals surface area contributed by atoms with Crippen molar-refractivity contribution in [2.45, 2.75) is 83.6 Å². The standard InChI is InChI=1S/C16H32N2O3/c1-2-3-4-5-6-7-8-9-10-11-15(19)18-14(12-13-17)16(20)21/h14H,2-13,17H2,1H3,(H,18,19)(H,20,21)/t14-/m1/s1. The molecule has 0 saturated carbocycles. The van der Waals surface area contributed by atoms with Crippen LogP contribution >= 0.6 is 0 Å². The lowest BCUT2D eigenvalue weighted by atomic mass is 10.1. The van der Waals surface area contributed by atoms with Crippen LogP contribution in [0.3, 0.4) is 0 Å². The third-order valence-corrected chi connectivity index (χ3v) is 3.60. The lowest BCUT2D eigenvalue weighted by Gasteiger charge is -2.13. The minimum atomic E-state index is -1.01. The van der Waals surface area contributed by atoms with Crippen LogP contribution < -0.4 is 11.1 Å². The molecule has 124 valence electrons. The van der Waals surface area contributed by atoms with Gasteiger partial charge < -0.3 is 16.2 Å². The largest absolute Gasteiger partial charge is 0.480 e. The molecule has 0 aliphatic heterocycles. The van der Waals surface area contributed by atoms with Gasteiger partial charge in [0, 0.05) is 6.42 Å². The molecule has 0 aliphatic carbocycles. The SMILES string of the molecule is CCCCCCCCCCCC(=O)N[C@H](CCN)C(=O)O. The zero-order chi connectivity index (χ0) is 15.9. The number of carboxylic acids is 1. The monoisotopic (exact) mass is 300 g/mol. The molecule has 1 amide bonds. The minimum Gasteiger partial charge on any atom is -0.480 e. The van der Waals surface area contributed by atoms with Crippen molar-refractivity contribution < 1.29 is 14.7 Å². The highest BCUT2D eigenvalue weighted by molar-refractivity contribution is 5.83. The Labute approximate surface area is 128 Å². The van der Waals surface area contributed by atoms with Gasteiger partial charge in [0.25, 0.3) is 0 Å². The predicted octanol–water partition coefficient (Wildman–Crippen LogP) is 2.83. The number of carboxylic acid groups (broad SMARTS) is 1. The first kappa shape index (κ1) is 19.9. The van der Waals surface area contributed by atoms with E-state index in [1.807, 2.05) is 0 Å². The van der Waals surface area contributed by atoms with Crippen LogP contribution in [0.5, 0.6) is 0 Å². The quantitative estimate of drug-likeness (QED) is 0.430. The zero-order valence-corrected chi connectivity index (χ0v) is 13.4. The summed E-state index contributed by atoms with van der Waals surface area (Å²) in [4.78, 5) is 22.5. The van der Waals surface area contributed by atoms with Crippen LogP contribution in [-0.4, -0.2) is 29.6 Å². The first-order valence-electron chi connectivity index (χ1n) is 8.34. The molecule has 0 spiro atoms. The average Bonchev–Trinajstić information content (AvgIpc) is 2.45. The summed E-state index contributed by atoms with van der Waals surface area (Å²) in [5.74, 6) is -1.19. The van der Waals surface area contributed by atoms with E-state index in [1.165, 1.54) is 38.5 Å². The number of nitrogens with one attached hydrogen (secondary N) is 1. The second-order valence-corrected chi connectivity index (χ2v) is 5.61. The van der Waals surface area contributed by atoms with Crippen molar-refractivity contribution in [2.24, 2.45) is 5.73 Å². The number of nitrogens with two attached hydrogens (primary N) is 1. The summed E-state index contributed by atoms with van der Waals surface area (Å²) in [6.07, 6.45) is 11.5. The van der Waals surface area contributed by atoms with Crippen LogP contribution in [-0.2, 0) is 9.59 Å². The molecule has 0 aromatic carbocycles. The molecule has 1 atom stereocenters. The number of hydrogen-bond donors (Lipinski definition) is 3. The van der Waals surface area contributed by atoms with Gasteiger partial charge in [-0.25, -0.2) is 4.79 Å². The first-order valence-corrected chi connectivity index (χ1v) is 8.34. The highest BCUT2D eigenvalue weighted by Gasteiger charge is 2.18. The van der Waals surface area contributed by atoms with Crippen LogP contribution in [0.4, 0.5) is 0 Å². The van der Waals surface area contributed by atoms with Gasteiger partial charge in [-0.15, -0.1) is 0 Å². The zero-order valence-electron chi connectivity index (χ0n) is 13.4. The lowest BCUT2D eigenvalue weighted by molar-refractivity contribution is -0.142. The smallest absolute Gasteiger partial charge is 0.326 e. The van der Waals surface area contributed by atoms with Gasteiger partial charge in [0.15, 0.2) is 0 Å². The summed E-state index contributed by atoms with van der Waals surface area (Å²) in [6, 6.07) is -0.846. The molecule has 0 saturated heterocycles. The summed E-state index contributed by atoms with van der Waals surface area (Å²) in [6.45, 7) is 2.47. The summed E-state index contributed by atoms with van der Waals surface area (Å²) in [5.41, 5.74) is 5.33. The molecule has 0 unspecified atom stereocenters. The average molecular weight is 300 g/mol. The van der Waals surface area contributed by atoms with Gasteiger partial charge in [-0.1, -0.05) is 58.3 Å². The Bertz CT molecular complexity index is 283. The van der Waals surface area contributed by atoms with E-state index in [9.17, 15) is 9.59 Å². The van der Waals surface area contributed by atoms with Crippen molar-refractivity contribution in [2.75, 3.05) is 6.54 Å². The van der Waals surface area contributed by atoms with E-state index < -0.39 is 12.0 Å². The third-order valence-electron chi connectivity index (χ3n) is 3.60. The van der Waals surface area contributed by atoms with Crippen LogP contribution in [0.1, 0.15) is 77.6 Å². The van der Waals surface area contributed by atoms with Crippen molar-refractivity contribution in [1.82, 2.24) is 5.32 Å². The van der Waals surface area contributed by atoms with Gasteiger partial charge in [0.1, 0.15) is 6.04 Å². The van der Waals surface area contributed by atoms with E-state index in [4.69, 9.17) is 10.8 Å². The van der Waals surface area contributed by atoms with Gasteiger partial charge in [0.05, 0.1) is 0 Å². The molecule has 0 aliphatic rings. The van der Waals surface area contributed by atoms with Crippen molar-refractivity contribution >= 4 is 11.9 Å². The second kappa shape index (κ2) is 13.9. The van der Waals surface area contributed by atoms with E-state index in [0.717, 1.165) is 19.3 Å². The molecular formula is C16H32N2O3. The summed E-state index contributed by atoms with van der Waals surface area (Å²) >= 11 is 0. The number of rotatable bonds is 14. The van der Waals surface area contributed by atoms with Gasteiger partial charge >= 0.3 is 5.97 Å². The maximum Gasteiger partial charge on any atom is 0.326 e. The molecule has 5 nitrogen and oxygen atoms in total. The number of carbonyl (C=O) groups excluding carboxylic acids is 1. The number of aliphatic carboxylic acids is 1. The molecule has 0 fully saturated rings. The van der Waals surface area contributed by atoms with Crippen LogP contribution in [0.2, 0.25) is 0 Å².